The van der Waals surface area contributed by atoms with Crippen LogP contribution in [0, 0.1) is 6.92 Å². The van der Waals surface area contributed by atoms with E-state index in [0.717, 1.165) is 22.5 Å². The van der Waals surface area contributed by atoms with Crippen LogP contribution < -0.4 is 11.1 Å². The predicted molar refractivity (Wildman–Crippen MR) is 47.9 cm³/mol. The highest BCUT2D eigenvalue weighted by molar-refractivity contribution is 6.00. The van der Waals surface area contributed by atoms with Crippen molar-refractivity contribution < 1.29 is 4.79 Å². The van der Waals surface area contributed by atoms with E-state index >= 15 is 0 Å². The molecule has 1 aliphatic heterocycles. The van der Waals surface area contributed by atoms with E-state index < -0.39 is 0 Å². The van der Waals surface area contributed by atoms with Crippen molar-refractivity contribution in [3.05, 3.63) is 23.3 Å². The van der Waals surface area contributed by atoms with E-state index in [1.807, 2.05) is 19.1 Å². The molecule has 0 bridgehead atoms. The maximum absolute atomic E-state index is 11.0. The van der Waals surface area contributed by atoms with Crippen LogP contribution in [-0.2, 0) is 11.2 Å². The number of benzene rings is 1. The van der Waals surface area contributed by atoms with Gasteiger partial charge in [0.25, 0.3) is 0 Å². The molecule has 1 aromatic carbocycles. The lowest BCUT2D eigenvalue weighted by Crippen LogP contribution is -2.03. The summed E-state index contributed by atoms with van der Waals surface area (Å²) in [7, 11) is 0. The summed E-state index contributed by atoms with van der Waals surface area (Å²) < 4.78 is 0. The molecule has 0 fully saturated rings. The maximum atomic E-state index is 11.0. The van der Waals surface area contributed by atoms with Crippen molar-refractivity contribution in [3.8, 4) is 0 Å². The minimum atomic E-state index is 0.0544. The Hall–Kier alpha value is -1.51. The quantitative estimate of drug-likeness (QED) is 0.561. The topological polar surface area (TPSA) is 55.1 Å². The van der Waals surface area contributed by atoms with E-state index in [1.54, 1.807) is 0 Å². The summed E-state index contributed by atoms with van der Waals surface area (Å²) in [6.45, 7) is 1.94. The highest BCUT2D eigenvalue weighted by atomic mass is 16.1. The molecule has 0 saturated carbocycles. The van der Waals surface area contributed by atoms with Crippen LogP contribution in [0.2, 0.25) is 0 Å². The number of carbonyl (C=O) groups excluding carboxylic acids is 1. The number of carbonyl (C=O) groups is 1. The van der Waals surface area contributed by atoms with Crippen molar-refractivity contribution in [3.63, 3.8) is 0 Å². The molecule has 1 aliphatic rings. The molecule has 3 heteroatoms. The first kappa shape index (κ1) is 7.16. The number of hydrogen-bond acceptors (Lipinski definition) is 2. The molecule has 0 unspecified atom stereocenters. The third-order valence-electron chi connectivity index (χ3n) is 2.25. The van der Waals surface area contributed by atoms with Gasteiger partial charge in [0, 0.05) is 11.4 Å². The summed E-state index contributed by atoms with van der Waals surface area (Å²) in [5, 5.41) is 2.77. The highest BCUT2D eigenvalue weighted by Crippen LogP contribution is 2.29. The number of nitrogens with one attached hydrogen (secondary N) is 1. The van der Waals surface area contributed by atoms with Crippen LogP contribution in [0.4, 0.5) is 11.4 Å². The molecule has 0 aliphatic carbocycles. The molecule has 1 heterocycles. The van der Waals surface area contributed by atoms with Crippen molar-refractivity contribution in [1.29, 1.82) is 0 Å². The lowest BCUT2D eigenvalue weighted by Gasteiger charge is -2.04. The first-order valence-corrected chi connectivity index (χ1v) is 3.86. The number of amides is 1. The van der Waals surface area contributed by atoms with Gasteiger partial charge in [-0.1, -0.05) is 0 Å². The van der Waals surface area contributed by atoms with Crippen LogP contribution in [0.5, 0.6) is 0 Å². The smallest absolute Gasteiger partial charge is 0.228 e. The van der Waals surface area contributed by atoms with Gasteiger partial charge in [-0.05, 0) is 30.2 Å². The Morgan fingerprint density at radius 2 is 2.25 bits per heavy atom. The van der Waals surface area contributed by atoms with Gasteiger partial charge in [-0.3, -0.25) is 4.79 Å². The zero-order valence-corrected chi connectivity index (χ0v) is 6.85. The molecule has 0 aromatic heterocycles. The van der Waals surface area contributed by atoms with Crippen LogP contribution in [0.1, 0.15) is 11.1 Å². The van der Waals surface area contributed by atoms with Crippen LogP contribution in [-0.4, -0.2) is 5.91 Å². The van der Waals surface area contributed by atoms with Gasteiger partial charge in [0.15, 0.2) is 0 Å². The molecule has 3 N–H and O–H groups in total. The van der Waals surface area contributed by atoms with Crippen molar-refractivity contribution in [1.82, 2.24) is 0 Å². The highest BCUT2D eigenvalue weighted by Gasteiger charge is 2.19. The summed E-state index contributed by atoms with van der Waals surface area (Å²) in [5.74, 6) is 0.0544. The van der Waals surface area contributed by atoms with Crippen molar-refractivity contribution in [2.24, 2.45) is 0 Å². The van der Waals surface area contributed by atoms with Gasteiger partial charge in [-0.25, -0.2) is 0 Å². The second kappa shape index (κ2) is 2.24. The zero-order valence-electron chi connectivity index (χ0n) is 6.85. The van der Waals surface area contributed by atoms with E-state index in [9.17, 15) is 4.79 Å². The second-order valence-corrected chi connectivity index (χ2v) is 3.03. The normalized spacial score (nSPS) is 14.2. The zero-order chi connectivity index (χ0) is 8.72. The van der Waals surface area contributed by atoms with E-state index in [1.165, 1.54) is 0 Å². The fraction of sp³-hybridized carbons (Fsp3) is 0.222. The summed E-state index contributed by atoms with van der Waals surface area (Å²) in [6, 6.07) is 3.67. The second-order valence-electron chi connectivity index (χ2n) is 3.03. The average molecular weight is 162 g/mol. The van der Waals surface area contributed by atoms with Gasteiger partial charge in [0.05, 0.1) is 6.42 Å². The molecule has 0 spiro atoms. The Morgan fingerprint density at radius 1 is 1.50 bits per heavy atom. The molecular weight excluding hydrogens is 152 g/mol. The summed E-state index contributed by atoms with van der Waals surface area (Å²) in [6.07, 6.45) is 0.464. The van der Waals surface area contributed by atoms with Crippen LogP contribution >= 0.6 is 0 Å². The van der Waals surface area contributed by atoms with Gasteiger partial charge in [0.1, 0.15) is 0 Å². The summed E-state index contributed by atoms with van der Waals surface area (Å²) in [4.78, 5) is 11.0. The van der Waals surface area contributed by atoms with E-state index in [-0.39, 0.29) is 5.91 Å². The molecule has 3 nitrogen and oxygen atoms in total. The van der Waals surface area contributed by atoms with E-state index in [2.05, 4.69) is 5.32 Å². The van der Waals surface area contributed by atoms with Crippen molar-refractivity contribution in [2.75, 3.05) is 11.1 Å². The fourth-order valence-corrected chi connectivity index (χ4v) is 1.47. The van der Waals surface area contributed by atoms with E-state index in [0.29, 0.717) is 6.42 Å². The van der Waals surface area contributed by atoms with E-state index in [4.69, 9.17) is 5.73 Å². The van der Waals surface area contributed by atoms with Gasteiger partial charge in [0.2, 0.25) is 5.91 Å². The monoisotopic (exact) mass is 162 g/mol. The molecule has 1 aromatic rings. The number of rotatable bonds is 0. The molecule has 0 atom stereocenters. The molecule has 0 saturated heterocycles. The predicted octanol–water partition coefficient (Wildman–Crippen LogP) is 1.07. The number of fused-ring (bicyclic) bond motifs is 1. The third kappa shape index (κ3) is 0.863. The van der Waals surface area contributed by atoms with Crippen LogP contribution in [0.25, 0.3) is 0 Å². The Kier molecular flexibility index (Phi) is 1.33. The number of anilines is 2. The number of nitrogen functional groups attached to an aromatic ring is 1. The Morgan fingerprint density at radius 3 is 3.00 bits per heavy atom. The third-order valence-corrected chi connectivity index (χ3v) is 2.25. The minimum absolute atomic E-state index is 0.0544. The van der Waals surface area contributed by atoms with Crippen LogP contribution in [0.15, 0.2) is 12.1 Å². The Bertz CT molecular complexity index is 358. The Labute approximate surface area is 70.6 Å². The first-order valence-electron chi connectivity index (χ1n) is 3.86. The molecule has 12 heavy (non-hydrogen) atoms. The van der Waals surface area contributed by atoms with Crippen molar-refractivity contribution in [2.45, 2.75) is 13.3 Å². The lowest BCUT2D eigenvalue weighted by molar-refractivity contribution is -0.115. The molecule has 0 radical (unpaired) electrons. The fourth-order valence-electron chi connectivity index (χ4n) is 1.47. The maximum Gasteiger partial charge on any atom is 0.228 e. The lowest BCUT2D eigenvalue weighted by atomic mass is 10.0. The van der Waals surface area contributed by atoms with Gasteiger partial charge < -0.3 is 11.1 Å². The molecule has 1 amide bonds. The Balaban J connectivity index is 2.61. The summed E-state index contributed by atoms with van der Waals surface area (Å²) in [5.41, 5.74) is 9.42. The standard InChI is InChI=1S/C9H10N2O/c1-5-6-4-9(12)11-8(6)3-2-7(5)10/h2-3H,4,10H2,1H3,(H,11,12). The number of nitrogens with two attached hydrogens (primary N) is 1. The van der Waals surface area contributed by atoms with Gasteiger partial charge in [-0.2, -0.15) is 0 Å². The SMILES string of the molecule is Cc1c(N)ccc2c1CC(=O)N2. The van der Waals surface area contributed by atoms with Gasteiger partial charge in [-0.15, -0.1) is 0 Å². The van der Waals surface area contributed by atoms with Crippen LogP contribution in [0.3, 0.4) is 0 Å². The summed E-state index contributed by atoms with van der Waals surface area (Å²) >= 11 is 0. The minimum Gasteiger partial charge on any atom is -0.399 e. The number of hydrogen-bond donors (Lipinski definition) is 2. The molecular formula is C9H10N2O. The van der Waals surface area contributed by atoms with Crippen molar-refractivity contribution >= 4 is 17.3 Å². The van der Waals surface area contributed by atoms with Gasteiger partial charge >= 0.3 is 0 Å². The first-order chi connectivity index (χ1) is 5.68. The largest absolute Gasteiger partial charge is 0.399 e. The molecule has 2 rings (SSSR count). The average Bonchev–Trinajstić information content (AvgIpc) is 2.39. The molecule has 62 valence electrons.